The number of aryl methyl sites for hydroxylation is 2. The van der Waals surface area contributed by atoms with Crippen molar-refractivity contribution in [3.8, 4) is 11.3 Å². The lowest BCUT2D eigenvalue weighted by atomic mass is 10.1. The van der Waals surface area contributed by atoms with E-state index in [1.54, 1.807) is 11.3 Å². The quantitative estimate of drug-likeness (QED) is 0.628. The average Bonchev–Trinajstić information content (AvgIpc) is 3.20. The van der Waals surface area contributed by atoms with Gasteiger partial charge in [-0.05, 0) is 43.5 Å². The van der Waals surface area contributed by atoms with Crippen LogP contribution in [0, 0.1) is 6.92 Å². The fraction of sp³-hybridized carbons (Fsp3) is 0.158. The zero-order chi connectivity index (χ0) is 16.5. The van der Waals surface area contributed by atoms with E-state index in [4.69, 9.17) is 11.6 Å². The van der Waals surface area contributed by atoms with Crippen LogP contribution in [0.25, 0.3) is 11.3 Å². The monoisotopic (exact) mass is 353 g/mol. The van der Waals surface area contributed by atoms with E-state index in [2.05, 4.69) is 40.6 Å². The van der Waals surface area contributed by atoms with Gasteiger partial charge in [0.05, 0.1) is 11.4 Å². The number of thiazole rings is 1. The van der Waals surface area contributed by atoms with Gasteiger partial charge >= 0.3 is 0 Å². The van der Waals surface area contributed by atoms with Crippen LogP contribution in [0.1, 0.15) is 23.1 Å². The summed E-state index contributed by atoms with van der Waals surface area (Å²) in [4.78, 5) is 4.60. The van der Waals surface area contributed by atoms with Gasteiger partial charge in [-0.3, -0.25) is 5.43 Å². The molecule has 0 aliphatic heterocycles. The number of benzene rings is 2. The van der Waals surface area contributed by atoms with Crippen molar-refractivity contribution in [2.24, 2.45) is 5.10 Å². The number of aromatic nitrogens is 1. The summed E-state index contributed by atoms with van der Waals surface area (Å²) < 4.78 is 0. The molecule has 0 spiro atoms. The minimum absolute atomic E-state index is 0.730. The molecule has 0 amide bonds. The molecular formula is C19H16ClN3S. The van der Waals surface area contributed by atoms with Crippen LogP contribution >= 0.6 is 22.9 Å². The molecule has 0 saturated heterocycles. The van der Waals surface area contributed by atoms with E-state index in [0.717, 1.165) is 40.0 Å². The van der Waals surface area contributed by atoms with Gasteiger partial charge < -0.3 is 0 Å². The maximum Gasteiger partial charge on any atom is 0.203 e. The van der Waals surface area contributed by atoms with Gasteiger partial charge in [0.2, 0.25) is 5.13 Å². The number of hydrogen-bond acceptors (Lipinski definition) is 4. The minimum atomic E-state index is 0.730. The van der Waals surface area contributed by atoms with Crippen LogP contribution in [0.5, 0.6) is 0 Å². The normalized spacial score (nSPS) is 14.8. The number of nitrogens with zero attached hydrogens (tertiary/aromatic N) is 2. The van der Waals surface area contributed by atoms with Crippen molar-refractivity contribution in [2.75, 3.05) is 5.43 Å². The summed E-state index contributed by atoms with van der Waals surface area (Å²) in [5.74, 6) is 0. The summed E-state index contributed by atoms with van der Waals surface area (Å²) in [5, 5.41) is 8.15. The molecular weight excluding hydrogens is 338 g/mol. The Morgan fingerprint density at radius 1 is 1.12 bits per heavy atom. The fourth-order valence-corrected chi connectivity index (χ4v) is 3.66. The largest absolute Gasteiger partial charge is 0.252 e. The molecule has 120 valence electrons. The average molecular weight is 354 g/mol. The summed E-state index contributed by atoms with van der Waals surface area (Å²) in [7, 11) is 0. The first kappa shape index (κ1) is 15.4. The van der Waals surface area contributed by atoms with Crippen LogP contribution in [0.4, 0.5) is 5.13 Å². The minimum Gasteiger partial charge on any atom is -0.252 e. The van der Waals surface area contributed by atoms with Crippen molar-refractivity contribution in [3.63, 3.8) is 0 Å². The van der Waals surface area contributed by atoms with E-state index in [0.29, 0.717) is 0 Å². The molecule has 3 aromatic rings. The van der Waals surface area contributed by atoms with Gasteiger partial charge in [-0.2, -0.15) is 5.10 Å². The number of halogens is 1. The Balaban J connectivity index is 1.54. The SMILES string of the molecule is Cc1ccc2c(c1)/C(=N/Nc1nc(-c3ccc(Cl)cc3)cs1)CC2. The molecule has 1 aliphatic rings. The van der Waals surface area contributed by atoms with Crippen LogP contribution in [0.3, 0.4) is 0 Å². The summed E-state index contributed by atoms with van der Waals surface area (Å²) in [6.07, 6.45) is 2.03. The van der Waals surface area contributed by atoms with Crippen molar-refractivity contribution < 1.29 is 0 Å². The molecule has 1 aromatic heterocycles. The zero-order valence-corrected chi connectivity index (χ0v) is 14.8. The highest BCUT2D eigenvalue weighted by Gasteiger charge is 2.17. The van der Waals surface area contributed by atoms with Crippen LogP contribution in [-0.2, 0) is 6.42 Å². The lowest BCUT2D eigenvalue weighted by Crippen LogP contribution is -2.00. The highest BCUT2D eigenvalue weighted by Crippen LogP contribution is 2.27. The number of rotatable bonds is 3. The maximum absolute atomic E-state index is 5.93. The van der Waals surface area contributed by atoms with E-state index < -0.39 is 0 Å². The zero-order valence-electron chi connectivity index (χ0n) is 13.2. The second-order valence-corrected chi connectivity index (χ2v) is 7.17. The van der Waals surface area contributed by atoms with Gasteiger partial charge in [0.1, 0.15) is 0 Å². The first-order chi connectivity index (χ1) is 11.7. The third kappa shape index (κ3) is 3.07. The predicted molar refractivity (Wildman–Crippen MR) is 102 cm³/mol. The van der Waals surface area contributed by atoms with E-state index in [9.17, 15) is 0 Å². The van der Waals surface area contributed by atoms with Gasteiger partial charge in [-0.1, -0.05) is 41.4 Å². The molecule has 0 atom stereocenters. The van der Waals surface area contributed by atoms with Crippen LogP contribution in [-0.4, -0.2) is 10.7 Å². The molecule has 5 heteroatoms. The Morgan fingerprint density at radius 3 is 2.79 bits per heavy atom. The van der Waals surface area contributed by atoms with Crippen molar-refractivity contribution in [1.29, 1.82) is 0 Å². The van der Waals surface area contributed by atoms with Gasteiger partial charge in [0.15, 0.2) is 0 Å². The molecule has 4 rings (SSSR count). The van der Waals surface area contributed by atoms with Gasteiger partial charge in [0.25, 0.3) is 0 Å². The Labute approximate surface area is 150 Å². The third-order valence-electron chi connectivity index (χ3n) is 4.14. The van der Waals surface area contributed by atoms with Crippen molar-refractivity contribution >= 4 is 33.8 Å². The number of fused-ring (bicyclic) bond motifs is 1. The molecule has 0 radical (unpaired) electrons. The molecule has 2 aromatic carbocycles. The highest BCUT2D eigenvalue weighted by atomic mass is 35.5. The molecule has 1 aliphatic carbocycles. The Morgan fingerprint density at radius 2 is 1.96 bits per heavy atom. The summed E-state index contributed by atoms with van der Waals surface area (Å²) >= 11 is 7.49. The molecule has 0 fully saturated rings. The molecule has 0 unspecified atom stereocenters. The summed E-state index contributed by atoms with van der Waals surface area (Å²) in [5.41, 5.74) is 10.1. The standard InChI is InChI=1S/C19H16ClN3S/c1-12-2-3-13-6-9-17(16(13)10-12)22-23-19-21-18(11-24-19)14-4-7-15(20)8-5-14/h2-5,7-8,10-11H,6,9H2,1H3,(H,21,23)/b22-17+. The van der Waals surface area contributed by atoms with E-state index in [1.807, 2.05) is 29.6 Å². The van der Waals surface area contributed by atoms with Crippen molar-refractivity contribution in [1.82, 2.24) is 4.98 Å². The molecule has 0 bridgehead atoms. The van der Waals surface area contributed by atoms with Crippen LogP contribution < -0.4 is 5.43 Å². The molecule has 1 N–H and O–H groups in total. The molecule has 3 nitrogen and oxygen atoms in total. The van der Waals surface area contributed by atoms with Crippen LogP contribution in [0.2, 0.25) is 5.02 Å². The number of hydrazone groups is 1. The van der Waals surface area contributed by atoms with Gasteiger partial charge in [-0.15, -0.1) is 11.3 Å². The number of anilines is 1. The lowest BCUT2D eigenvalue weighted by molar-refractivity contribution is 1.09. The topological polar surface area (TPSA) is 37.3 Å². The molecule has 1 heterocycles. The second-order valence-electron chi connectivity index (χ2n) is 5.88. The maximum atomic E-state index is 5.93. The number of nitrogens with one attached hydrogen (secondary N) is 1. The Bertz CT molecular complexity index is 913. The van der Waals surface area contributed by atoms with Crippen molar-refractivity contribution in [2.45, 2.75) is 19.8 Å². The Hall–Kier alpha value is -2.17. The van der Waals surface area contributed by atoms with Gasteiger partial charge in [-0.25, -0.2) is 4.98 Å². The van der Waals surface area contributed by atoms with E-state index in [-0.39, 0.29) is 0 Å². The van der Waals surface area contributed by atoms with Crippen molar-refractivity contribution in [3.05, 3.63) is 69.6 Å². The second kappa shape index (κ2) is 6.38. The smallest absolute Gasteiger partial charge is 0.203 e. The van der Waals surface area contributed by atoms with E-state index >= 15 is 0 Å². The Kier molecular flexibility index (Phi) is 4.08. The third-order valence-corrected chi connectivity index (χ3v) is 5.14. The summed E-state index contributed by atoms with van der Waals surface area (Å²) in [6, 6.07) is 14.3. The first-order valence-corrected chi connectivity index (χ1v) is 9.09. The summed E-state index contributed by atoms with van der Waals surface area (Å²) in [6.45, 7) is 2.11. The van der Waals surface area contributed by atoms with Crippen LogP contribution in [0.15, 0.2) is 52.9 Å². The fourth-order valence-electron chi connectivity index (χ4n) is 2.87. The predicted octanol–water partition coefficient (Wildman–Crippen LogP) is 5.53. The van der Waals surface area contributed by atoms with Gasteiger partial charge in [0, 0.05) is 21.5 Å². The first-order valence-electron chi connectivity index (χ1n) is 7.83. The molecule has 0 saturated carbocycles. The molecule has 24 heavy (non-hydrogen) atoms. The highest BCUT2D eigenvalue weighted by molar-refractivity contribution is 7.14. The van der Waals surface area contributed by atoms with E-state index in [1.165, 1.54) is 16.7 Å². The lowest BCUT2D eigenvalue weighted by Gasteiger charge is -2.02. The number of hydrogen-bond donors (Lipinski definition) is 1.